The summed E-state index contributed by atoms with van der Waals surface area (Å²) >= 11 is 0. The number of fused-ring (bicyclic) bond motifs is 1. The lowest BCUT2D eigenvalue weighted by atomic mass is 10.2. The molecule has 1 aromatic carbocycles. The molecule has 23 heavy (non-hydrogen) atoms. The van der Waals surface area contributed by atoms with E-state index in [-0.39, 0.29) is 18.6 Å². The molecule has 0 radical (unpaired) electrons. The maximum absolute atomic E-state index is 11.6. The van der Waals surface area contributed by atoms with Gasteiger partial charge in [0, 0.05) is 12.5 Å². The second-order valence-corrected chi connectivity index (χ2v) is 5.61. The molecule has 118 valence electrons. The molecule has 1 aliphatic carbocycles. The van der Waals surface area contributed by atoms with Crippen molar-refractivity contribution in [2.75, 3.05) is 17.4 Å². The van der Waals surface area contributed by atoms with E-state index in [1.54, 1.807) is 12.1 Å². The number of hydrogen-bond donors (Lipinski definition) is 2. The van der Waals surface area contributed by atoms with Crippen LogP contribution in [-0.4, -0.2) is 22.9 Å². The van der Waals surface area contributed by atoms with Gasteiger partial charge in [0.1, 0.15) is 5.82 Å². The minimum atomic E-state index is 0.0281. The van der Waals surface area contributed by atoms with E-state index in [1.165, 1.54) is 0 Å². The number of ether oxygens (including phenoxy) is 2. The molecule has 2 N–H and O–H groups in total. The quantitative estimate of drug-likeness (QED) is 0.880. The highest BCUT2D eigenvalue weighted by atomic mass is 16.7. The second kappa shape index (κ2) is 5.75. The molecule has 0 bridgehead atoms. The number of amides is 1. The minimum Gasteiger partial charge on any atom is -0.454 e. The maximum Gasteiger partial charge on any atom is 0.231 e. The molecule has 1 amide bonds. The van der Waals surface area contributed by atoms with Gasteiger partial charge in [-0.2, -0.15) is 0 Å². The van der Waals surface area contributed by atoms with E-state index in [2.05, 4.69) is 20.8 Å². The lowest BCUT2D eigenvalue weighted by Crippen LogP contribution is -2.15. The van der Waals surface area contributed by atoms with Gasteiger partial charge in [-0.1, -0.05) is 6.07 Å². The number of aromatic nitrogens is 2. The zero-order valence-electron chi connectivity index (χ0n) is 12.4. The van der Waals surface area contributed by atoms with Crippen LogP contribution < -0.4 is 20.1 Å². The van der Waals surface area contributed by atoms with E-state index < -0.39 is 0 Å². The van der Waals surface area contributed by atoms with Crippen molar-refractivity contribution < 1.29 is 14.3 Å². The molecule has 1 saturated carbocycles. The molecule has 2 heterocycles. The summed E-state index contributed by atoms with van der Waals surface area (Å²) in [6, 6.07) is 9.34. The average Bonchev–Trinajstić information content (AvgIpc) is 3.32. The van der Waals surface area contributed by atoms with Crippen LogP contribution in [0, 0.1) is 5.92 Å². The first kappa shape index (κ1) is 13.8. The van der Waals surface area contributed by atoms with E-state index in [4.69, 9.17) is 9.47 Å². The standard InChI is InChI=1S/C16H16N4O3/c21-16(11-2-3-11)18-15-6-5-14(19-20-15)17-8-10-1-4-12-13(7-10)23-9-22-12/h1,4-7,11H,2-3,8-9H2,(H,17,19)(H,18,20,21). The number of nitrogens with zero attached hydrogens (tertiary/aromatic N) is 2. The normalized spacial score (nSPS) is 15.3. The Morgan fingerprint density at radius 2 is 1.87 bits per heavy atom. The van der Waals surface area contributed by atoms with Crippen LogP contribution in [0.5, 0.6) is 11.5 Å². The molecule has 2 aromatic rings. The van der Waals surface area contributed by atoms with Crippen LogP contribution >= 0.6 is 0 Å². The summed E-state index contributed by atoms with van der Waals surface area (Å²) in [7, 11) is 0. The first-order valence-corrected chi connectivity index (χ1v) is 7.55. The molecule has 0 unspecified atom stereocenters. The lowest BCUT2D eigenvalue weighted by Gasteiger charge is -2.07. The summed E-state index contributed by atoms with van der Waals surface area (Å²) < 4.78 is 10.6. The average molecular weight is 312 g/mol. The molecule has 7 heteroatoms. The Bertz CT molecular complexity index is 729. The zero-order valence-corrected chi connectivity index (χ0v) is 12.4. The third-order valence-corrected chi connectivity index (χ3v) is 3.77. The van der Waals surface area contributed by atoms with Crippen molar-refractivity contribution >= 4 is 17.5 Å². The van der Waals surface area contributed by atoms with Gasteiger partial charge in [-0.05, 0) is 42.7 Å². The van der Waals surface area contributed by atoms with Crippen LogP contribution in [0.2, 0.25) is 0 Å². The van der Waals surface area contributed by atoms with Gasteiger partial charge in [-0.25, -0.2) is 0 Å². The predicted molar refractivity (Wildman–Crippen MR) is 83.3 cm³/mol. The van der Waals surface area contributed by atoms with Crippen LogP contribution in [-0.2, 0) is 11.3 Å². The van der Waals surface area contributed by atoms with Crippen molar-refractivity contribution in [3.63, 3.8) is 0 Å². The first-order chi connectivity index (χ1) is 11.3. The van der Waals surface area contributed by atoms with Gasteiger partial charge in [0.2, 0.25) is 12.7 Å². The van der Waals surface area contributed by atoms with Gasteiger partial charge in [-0.3, -0.25) is 4.79 Å². The summed E-state index contributed by atoms with van der Waals surface area (Å²) in [4.78, 5) is 11.6. The molecule has 7 nitrogen and oxygen atoms in total. The number of carbonyl (C=O) groups is 1. The molecule has 1 aromatic heterocycles. The highest BCUT2D eigenvalue weighted by Crippen LogP contribution is 2.32. The highest BCUT2D eigenvalue weighted by Gasteiger charge is 2.29. The molecule has 1 aliphatic heterocycles. The maximum atomic E-state index is 11.6. The molecule has 0 atom stereocenters. The van der Waals surface area contributed by atoms with E-state index in [9.17, 15) is 4.79 Å². The molecule has 1 fully saturated rings. The minimum absolute atomic E-state index is 0.0281. The third-order valence-electron chi connectivity index (χ3n) is 3.77. The summed E-state index contributed by atoms with van der Waals surface area (Å²) in [5.41, 5.74) is 1.06. The van der Waals surface area contributed by atoms with Crippen LogP contribution in [0.1, 0.15) is 18.4 Å². The van der Waals surface area contributed by atoms with Gasteiger partial charge in [0.25, 0.3) is 0 Å². The fourth-order valence-corrected chi connectivity index (χ4v) is 2.31. The van der Waals surface area contributed by atoms with Gasteiger partial charge in [0.05, 0.1) is 0 Å². The smallest absolute Gasteiger partial charge is 0.231 e. The van der Waals surface area contributed by atoms with Crippen molar-refractivity contribution in [3.05, 3.63) is 35.9 Å². The van der Waals surface area contributed by atoms with Crippen molar-refractivity contribution in [3.8, 4) is 11.5 Å². The Labute approximate surface area is 133 Å². The van der Waals surface area contributed by atoms with Crippen molar-refractivity contribution in [2.24, 2.45) is 5.92 Å². The Kier molecular flexibility index (Phi) is 3.45. The number of nitrogens with one attached hydrogen (secondary N) is 2. The monoisotopic (exact) mass is 312 g/mol. The molecule has 2 aliphatic rings. The van der Waals surface area contributed by atoms with Crippen LogP contribution in [0.15, 0.2) is 30.3 Å². The van der Waals surface area contributed by atoms with Crippen molar-refractivity contribution in [2.45, 2.75) is 19.4 Å². The highest BCUT2D eigenvalue weighted by molar-refractivity contribution is 5.93. The molecule has 0 saturated heterocycles. The first-order valence-electron chi connectivity index (χ1n) is 7.55. The van der Waals surface area contributed by atoms with Gasteiger partial charge >= 0.3 is 0 Å². The van der Waals surface area contributed by atoms with Gasteiger partial charge in [-0.15, -0.1) is 10.2 Å². The van der Waals surface area contributed by atoms with Gasteiger partial charge in [0.15, 0.2) is 17.3 Å². The molecular weight excluding hydrogens is 296 g/mol. The number of rotatable bonds is 5. The van der Waals surface area contributed by atoms with Crippen LogP contribution in [0.25, 0.3) is 0 Å². The molecular formula is C16H16N4O3. The number of hydrogen-bond acceptors (Lipinski definition) is 6. The van der Waals surface area contributed by atoms with Crippen LogP contribution in [0.4, 0.5) is 11.6 Å². The van der Waals surface area contributed by atoms with E-state index in [1.807, 2.05) is 18.2 Å². The topological polar surface area (TPSA) is 85.4 Å². The van der Waals surface area contributed by atoms with Crippen molar-refractivity contribution in [1.82, 2.24) is 10.2 Å². The lowest BCUT2D eigenvalue weighted by molar-refractivity contribution is -0.117. The summed E-state index contributed by atoms with van der Waals surface area (Å²) in [6.07, 6.45) is 1.93. The Morgan fingerprint density at radius 3 is 2.65 bits per heavy atom. The van der Waals surface area contributed by atoms with E-state index >= 15 is 0 Å². The third kappa shape index (κ3) is 3.18. The van der Waals surface area contributed by atoms with Gasteiger partial charge < -0.3 is 20.1 Å². The molecule has 0 spiro atoms. The predicted octanol–water partition coefficient (Wildman–Crippen LogP) is 2.17. The second-order valence-electron chi connectivity index (χ2n) is 5.61. The SMILES string of the molecule is O=C(Nc1ccc(NCc2ccc3c(c2)OCO3)nn1)C1CC1. The molecule has 4 rings (SSSR count). The summed E-state index contributed by atoms with van der Waals surface area (Å²) in [6.45, 7) is 0.866. The Balaban J connectivity index is 1.34. The Hall–Kier alpha value is -2.83. The van der Waals surface area contributed by atoms with Crippen molar-refractivity contribution in [1.29, 1.82) is 0 Å². The number of benzene rings is 1. The largest absolute Gasteiger partial charge is 0.454 e. The van der Waals surface area contributed by atoms with Crippen LogP contribution in [0.3, 0.4) is 0 Å². The Morgan fingerprint density at radius 1 is 1.09 bits per heavy atom. The summed E-state index contributed by atoms with van der Waals surface area (Å²) in [5, 5.41) is 14.0. The summed E-state index contributed by atoms with van der Waals surface area (Å²) in [5.74, 6) is 2.83. The van der Waals surface area contributed by atoms with E-state index in [0.717, 1.165) is 29.9 Å². The fourth-order valence-electron chi connectivity index (χ4n) is 2.31. The number of anilines is 2. The zero-order chi connectivity index (χ0) is 15.6. The fraction of sp³-hybridized carbons (Fsp3) is 0.312. The number of carbonyl (C=O) groups excluding carboxylic acids is 1. The van der Waals surface area contributed by atoms with E-state index in [0.29, 0.717) is 18.2 Å².